The van der Waals surface area contributed by atoms with Crippen molar-refractivity contribution in [1.29, 1.82) is 0 Å². The van der Waals surface area contributed by atoms with Crippen molar-refractivity contribution < 1.29 is 9.59 Å². The lowest BCUT2D eigenvalue weighted by Gasteiger charge is -2.44. The van der Waals surface area contributed by atoms with Crippen molar-refractivity contribution >= 4 is 46.9 Å². The SMILES string of the molecule is O=C(CSc1ccccc1)N1CCC2(CC1)SCCN2C(=O)c1ccc(Cl)cc1. The zero-order valence-electron chi connectivity index (χ0n) is 16.1. The molecule has 0 bridgehead atoms. The lowest BCUT2D eigenvalue weighted by atomic mass is 10.0. The summed E-state index contributed by atoms with van der Waals surface area (Å²) in [6, 6.07) is 17.1. The summed E-state index contributed by atoms with van der Waals surface area (Å²) in [5, 5.41) is 0.632. The van der Waals surface area contributed by atoms with E-state index in [0.717, 1.165) is 30.0 Å². The normalized spacial score (nSPS) is 18.2. The largest absolute Gasteiger partial charge is 0.342 e. The lowest BCUT2D eigenvalue weighted by Crippen LogP contribution is -2.53. The van der Waals surface area contributed by atoms with E-state index in [-0.39, 0.29) is 16.7 Å². The Labute approximate surface area is 185 Å². The molecule has 7 heteroatoms. The Balaban J connectivity index is 1.36. The quantitative estimate of drug-likeness (QED) is 0.641. The molecule has 0 unspecified atom stereocenters. The van der Waals surface area contributed by atoms with E-state index < -0.39 is 0 Å². The first-order valence-electron chi connectivity index (χ1n) is 9.75. The molecule has 0 aliphatic carbocycles. The third-order valence-corrected chi connectivity index (χ3v) is 8.32. The van der Waals surface area contributed by atoms with Crippen LogP contribution in [-0.2, 0) is 4.79 Å². The summed E-state index contributed by atoms with van der Waals surface area (Å²) in [5.74, 6) is 1.63. The molecule has 0 N–H and O–H groups in total. The molecular formula is C22H23ClN2O2S2. The highest BCUT2D eigenvalue weighted by Crippen LogP contribution is 2.44. The molecule has 2 aromatic rings. The topological polar surface area (TPSA) is 40.6 Å². The molecule has 2 aromatic carbocycles. The zero-order valence-corrected chi connectivity index (χ0v) is 18.4. The summed E-state index contributed by atoms with van der Waals surface area (Å²) in [7, 11) is 0. The van der Waals surface area contributed by atoms with Crippen LogP contribution in [0.2, 0.25) is 5.02 Å². The van der Waals surface area contributed by atoms with Crippen LogP contribution in [0.3, 0.4) is 0 Å². The van der Waals surface area contributed by atoms with Gasteiger partial charge in [0.15, 0.2) is 0 Å². The second kappa shape index (κ2) is 9.02. The Kier molecular flexibility index (Phi) is 6.42. The second-order valence-electron chi connectivity index (χ2n) is 7.24. The third kappa shape index (κ3) is 4.60. The molecule has 1 spiro atoms. The molecule has 2 aliphatic rings. The minimum Gasteiger partial charge on any atom is -0.342 e. The monoisotopic (exact) mass is 446 g/mol. The standard InChI is InChI=1S/C22H23ClN2O2S2/c23-18-8-6-17(7-9-18)21(27)25-14-15-29-22(25)10-12-24(13-11-22)20(26)16-28-19-4-2-1-3-5-19/h1-9H,10-16H2. The molecule has 2 amide bonds. The number of hydrogen-bond donors (Lipinski definition) is 0. The van der Waals surface area contributed by atoms with E-state index in [2.05, 4.69) is 0 Å². The number of carbonyl (C=O) groups excluding carboxylic acids is 2. The molecule has 0 aromatic heterocycles. The fraction of sp³-hybridized carbons (Fsp3) is 0.364. The van der Waals surface area contributed by atoms with E-state index in [4.69, 9.17) is 11.6 Å². The highest BCUT2D eigenvalue weighted by molar-refractivity contribution is 8.01. The lowest BCUT2D eigenvalue weighted by molar-refractivity contribution is -0.129. The van der Waals surface area contributed by atoms with Crippen molar-refractivity contribution in [2.75, 3.05) is 31.1 Å². The van der Waals surface area contributed by atoms with Gasteiger partial charge >= 0.3 is 0 Å². The van der Waals surface area contributed by atoms with Crippen molar-refractivity contribution in [3.05, 3.63) is 65.2 Å². The van der Waals surface area contributed by atoms with Gasteiger partial charge in [-0.05, 0) is 49.2 Å². The van der Waals surface area contributed by atoms with E-state index >= 15 is 0 Å². The number of amides is 2. The van der Waals surface area contributed by atoms with Crippen LogP contribution in [0.5, 0.6) is 0 Å². The van der Waals surface area contributed by atoms with Crippen LogP contribution in [0.15, 0.2) is 59.5 Å². The molecule has 2 saturated heterocycles. The van der Waals surface area contributed by atoms with Crippen molar-refractivity contribution in [1.82, 2.24) is 9.80 Å². The first-order valence-corrected chi connectivity index (χ1v) is 12.1. The predicted octanol–water partition coefficient (Wildman–Crippen LogP) is 4.64. The minimum absolute atomic E-state index is 0.0612. The third-order valence-electron chi connectivity index (χ3n) is 5.52. The number of rotatable bonds is 4. The highest BCUT2D eigenvalue weighted by atomic mass is 35.5. The Morgan fingerprint density at radius 3 is 2.38 bits per heavy atom. The van der Waals surface area contributed by atoms with Crippen molar-refractivity contribution in [3.63, 3.8) is 0 Å². The van der Waals surface area contributed by atoms with Gasteiger partial charge in [-0.15, -0.1) is 23.5 Å². The van der Waals surface area contributed by atoms with Crippen LogP contribution >= 0.6 is 35.1 Å². The van der Waals surface area contributed by atoms with Crippen LogP contribution in [0.1, 0.15) is 23.2 Å². The Hall–Kier alpha value is -1.63. The maximum Gasteiger partial charge on any atom is 0.254 e. The van der Waals surface area contributed by atoms with E-state index in [1.165, 1.54) is 0 Å². The van der Waals surface area contributed by atoms with Crippen LogP contribution in [-0.4, -0.2) is 57.6 Å². The first-order chi connectivity index (χ1) is 14.1. The van der Waals surface area contributed by atoms with Gasteiger partial charge in [-0.3, -0.25) is 9.59 Å². The van der Waals surface area contributed by atoms with Gasteiger partial charge in [-0.1, -0.05) is 29.8 Å². The van der Waals surface area contributed by atoms with Crippen LogP contribution in [0, 0.1) is 0 Å². The number of piperidine rings is 1. The van der Waals surface area contributed by atoms with Gasteiger partial charge in [-0.2, -0.15) is 0 Å². The molecule has 0 saturated carbocycles. The van der Waals surface area contributed by atoms with Gasteiger partial charge < -0.3 is 9.80 Å². The van der Waals surface area contributed by atoms with Gasteiger partial charge in [0, 0.05) is 40.9 Å². The summed E-state index contributed by atoms with van der Waals surface area (Å²) in [5.41, 5.74) is 0.675. The summed E-state index contributed by atoms with van der Waals surface area (Å²) in [4.78, 5) is 30.6. The number of carbonyl (C=O) groups is 2. The van der Waals surface area contributed by atoms with Gasteiger partial charge in [0.05, 0.1) is 10.6 Å². The van der Waals surface area contributed by atoms with Crippen LogP contribution < -0.4 is 0 Å². The van der Waals surface area contributed by atoms with E-state index in [1.54, 1.807) is 36.0 Å². The van der Waals surface area contributed by atoms with E-state index in [1.807, 2.05) is 51.9 Å². The molecule has 0 atom stereocenters. The molecule has 29 heavy (non-hydrogen) atoms. The predicted molar refractivity (Wildman–Crippen MR) is 121 cm³/mol. The maximum atomic E-state index is 13.1. The van der Waals surface area contributed by atoms with E-state index in [0.29, 0.717) is 29.4 Å². The maximum absolute atomic E-state index is 13.1. The van der Waals surface area contributed by atoms with Crippen LogP contribution in [0.25, 0.3) is 0 Å². The minimum atomic E-state index is -0.194. The Morgan fingerprint density at radius 2 is 1.69 bits per heavy atom. The fourth-order valence-electron chi connectivity index (χ4n) is 3.92. The molecule has 2 aliphatic heterocycles. The number of likely N-dealkylation sites (tertiary alicyclic amines) is 1. The number of hydrogen-bond acceptors (Lipinski definition) is 4. The van der Waals surface area contributed by atoms with Gasteiger partial charge in [0.2, 0.25) is 5.91 Å². The van der Waals surface area contributed by atoms with Crippen molar-refractivity contribution in [3.8, 4) is 0 Å². The van der Waals surface area contributed by atoms with E-state index in [9.17, 15) is 9.59 Å². The second-order valence-corrected chi connectivity index (χ2v) is 10.2. The Morgan fingerprint density at radius 1 is 1.00 bits per heavy atom. The number of nitrogens with zero attached hydrogens (tertiary/aromatic N) is 2. The summed E-state index contributed by atoms with van der Waals surface area (Å²) in [6.07, 6.45) is 1.64. The zero-order chi connectivity index (χ0) is 20.3. The molecule has 4 nitrogen and oxygen atoms in total. The highest BCUT2D eigenvalue weighted by Gasteiger charge is 2.47. The summed E-state index contributed by atoms with van der Waals surface area (Å²) >= 11 is 9.40. The number of benzene rings is 2. The molecule has 4 rings (SSSR count). The molecule has 2 fully saturated rings. The van der Waals surface area contributed by atoms with Crippen molar-refractivity contribution in [2.45, 2.75) is 22.6 Å². The van der Waals surface area contributed by atoms with Gasteiger partial charge in [0.1, 0.15) is 0 Å². The van der Waals surface area contributed by atoms with Crippen molar-refractivity contribution in [2.24, 2.45) is 0 Å². The average molecular weight is 447 g/mol. The summed E-state index contributed by atoms with van der Waals surface area (Å²) in [6.45, 7) is 2.15. The number of halogens is 1. The fourth-order valence-corrected chi connectivity index (χ4v) is 6.32. The first kappa shape index (κ1) is 20.6. The molecule has 2 heterocycles. The molecular weight excluding hydrogens is 424 g/mol. The molecule has 0 radical (unpaired) electrons. The average Bonchev–Trinajstić information content (AvgIpc) is 3.16. The molecule has 152 valence electrons. The van der Waals surface area contributed by atoms with Gasteiger partial charge in [0.25, 0.3) is 5.91 Å². The van der Waals surface area contributed by atoms with Crippen LogP contribution in [0.4, 0.5) is 0 Å². The smallest absolute Gasteiger partial charge is 0.254 e. The summed E-state index contributed by atoms with van der Waals surface area (Å²) < 4.78 is 0. The number of thioether (sulfide) groups is 2. The Bertz CT molecular complexity index is 868. The van der Waals surface area contributed by atoms with Gasteiger partial charge in [-0.25, -0.2) is 0 Å².